The van der Waals surface area contributed by atoms with E-state index in [1.807, 2.05) is 14.0 Å². The van der Waals surface area contributed by atoms with Crippen LogP contribution in [0, 0.1) is 6.92 Å². The zero-order valence-corrected chi connectivity index (χ0v) is 19.0. The van der Waals surface area contributed by atoms with Gasteiger partial charge in [0.25, 0.3) is 5.91 Å². The number of nitrogens with zero attached hydrogens (tertiary/aromatic N) is 3. The van der Waals surface area contributed by atoms with Crippen LogP contribution in [0.25, 0.3) is 0 Å². The summed E-state index contributed by atoms with van der Waals surface area (Å²) in [5.74, 6) is 1.06. The first-order valence-electron chi connectivity index (χ1n) is 11.2. The van der Waals surface area contributed by atoms with E-state index in [2.05, 4.69) is 49.7 Å². The van der Waals surface area contributed by atoms with Gasteiger partial charge in [-0.2, -0.15) is 0 Å². The number of amides is 1. The fourth-order valence-corrected chi connectivity index (χ4v) is 3.87. The Hall–Kier alpha value is -2.96. The number of piperidine rings is 1. The second-order valence-electron chi connectivity index (χ2n) is 8.09. The lowest BCUT2D eigenvalue weighted by molar-refractivity contribution is 0.0925. The summed E-state index contributed by atoms with van der Waals surface area (Å²) in [6.07, 6.45) is 6.26. The third kappa shape index (κ3) is 6.51. The van der Waals surface area contributed by atoms with Crippen molar-refractivity contribution in [2.75, 3.05) is 45.2 Å². The molecule has 0 radical (unpaired) electrons. The van der Waals surface area contributed by atoms with Gasteiger partial charge < -0.3 is 24.9 Å². The molecule has 1 fully saturated rings. The predicted molar refractivity (Wildman–Crippen MR) is 126 cm³/mol. The van der Waals surface area contributed by atoms with Crippen molar-refractivity contribution in [3.8, 4) is 0 Å². The van der Waals surface area contributed by atoms with E-state index in [0.29, 0.717) is 12.3 Å². The van der Waals surface area contributed by atoms with Crippen LogP contribution in [0.1, 0.15) is 47.4 Å². The monoisotopic (exact) mass is 425 g/mol. The standard InChI is InChI=1S/C24H35N5O2/c1-19-12-17-31-22(19)23(30)26-13-7-14-27-24(25-2)28(3)18-20-8-10-21(11-9-20)29-15-5-4-6-16-29/h8-12,17H,4-7,13-16,18H2,1-3H3,(H,25,27)(H,26,30). The number of carbonyl (C=O) groups is 1. The Morgan fingerprint density at radius 1 is 1.10 bits per heavy atom. The lowest BCUT2D eigenvalue weighted by Gasteiger charge is -2.29. The van der Waals surface area contributed by atoms with Gasteiger partial charge in [0, 0.05) is 58.1 Å². The Kier molecular flexibility index (Phi) is 8.38. The molecule has 0 atom stereocenters. The van der Waals surface area contributed by atoms with Crippen LogP contribution >= 0.6 is 0 Å². The molecule has 1 aliphatic heterocycles. The van der Waals surface area contributed by atoms with E-state index >= 15 is 0 Å². The fraction of sp³-hybridized carbons (Fsp3) is 0.500. The summed E-state index contributed by atoms with van der Waals surface area (Å²) in [5, 5.41) is 6.25. The number of hydrogen-bond acceptors (Lipinski definition) is 4. The molecule has 1 aliphatic rings. The third-order valence-corrected chi connectivity index (χ3v) is 5.64. The molecule has 2 N–H and O–H groups in total. The number of furan rings is 1. The predicted octanol–water partition coefficient (Wildman–Crippen LogP) is 3.41. The maximum Gasteiger partial charge on any atom is 0.287 e. The van der Waals surface area contributed by atoms with Gasteiger partial charge in [-0.1, -0.05) is 12.1 Å². The summed E-state index contributed by atoms with van der Waals surface area (Å²) >= 11 is 0. The number of guanidine groups is 1. The van der Waals surface area contributed by atoms with E-state index in [1.165, 1.54) is 36.8 Å². The molecule has 3 rings (SSSR count). The first kappa shape index (κ1) is 22.7. The zero-order chi connectivity index (χ0) is 22.1. The normalized spacial score (nSPS) is 14.4. The minimum Gasteiger partial charge on any atom is -0.459 e. The second-order valence-corrected chi connectivity index (χ2v) is 8.09. The number of benzene rings is 1. The summed E-state index contributed by atoms with van der Waals surface area (Å²) in [6.45, 7) is 6.28. The number of hydrogen-bond donors (Lipinski definition) is 2. The summed E-state index contributed by atoms with van der Waals surface area (Å²) < 4.78 is 5.21. The number of nitrogens with one attached hydrogen (secondary N) is 2. The molecule has 0 bridgehead atoms. The van der Waals surface area contributed by atoms with Gasteiger partial charge in [0.05, 0.1) is 6.26 Å². The van der Waals surface area contributed by atoms with E-state index in [9.17, 15) is 4.79 Å². The molecular formula is C24H35N5O2. The summed E-state index contributed by atoms with van der Waals surface area (Å²) in [7, 11) is 3.83. The van der Waals surface area contributed by atoms with Crippen LogP contribution in [-0.2, 0) is 6.54 Å². The molecule has 0 saturated carbocycles. The first-order chi connectivity index (χ1) is 15.1. The Labute approximate surface area is 185 Å². The average molecular weight is 426 g/mol. The molecular weight excluding hydrogens is 390 g/mol. The number of anilines is 1. The molecule has 168 valence electrons. The minimum atomic E-state index is -0.169. The van der Waals surface area contributed by atoms with Crippen molar-refractivity contribution < 1.29 is 9.21 Å². The first-order valence-corrected chi connectivity index (χ1v) is 11.2. The Morgan fingerprint density at radius 3 is 2.45 bits per heavy atom. The molecule has 1 aromatic carbocycles. The van der Waals surface area contributed by atoms with Crippen LogP contribution in [0.3, 0.4) is 0 Å². The van der Waals surface area contributed by atoms with E-state index in [1.54, 1.807) is 13.1 Å². The van der Waals surface area contributed by atoms with E-state index < -0.39 is 0 Å². The molecule has 1 amide bonds. The lowest BCUT2D eigenvalue weighted by Crippen LogP contribution is -2.39. The van der Waals surface area contributed by atoms with E-state index in [0.717, 1.165) is 44.1 Å². The largest absolute Gasteiger partial charge is 0.459 e. The van der Waals surface area contributed by atoms with Gasteiger partial charge in [-0.3, -0.25) is 9.79 Å². The van der Waals surface area contributed by atoms with Crippen molar-refractivity contribution in [2.24, 2.45) is 4.99 Å². The molecule has 31 heavy (non-hydrogen) atoms. The van der Waals surface area contributed by atoms with Crippen molar-refractivity contribution in [3.05, 3.63) is 53.5 Å². The van der Waals surface area contributed by atoms with Crippen LogP contribution < -0.4 is 15.5 Å². The lowest BCUT2D eigenvalue weighted by atomic mass is 10.1. The Balaban J connectivity index is 1.39. The fourth-order valence-electron chi connectivity index (χ4n) is 3.87. The SMILES string of the molecule is CN=C(NCCCNC(=O)c1occc1C)N(C)Cc1ccc(N2CCCCC2)cc1. The van der Waals surface area contributed by atoms with Gasteiger partial charge in [-0.15, -0.1) is 0 Å². The minimum absolute atomic E-state index is 0.169. The Morgan fingerprint density at radius 2 is 1.81 bits per heavy atom. The molecule has 7 heteroatoms. The van der Waals surface area contributed by atoms with Crippen LogP contribution in [0.2, 0.25) is 0 Å². The maximum absolute atomic E-state index is 12.1. The van der Waals surface area contributed by atoms with Crippen LogP contribution in [-0.4, -0.2) is 57.0 Å². The van der Waals surface area contributed by atoms with Crippen LogP contribution in [0.5, 0.6) is 0 Å². The average Bonchev–Trinajstić information content (AvgIpc) is 3.23. The van der Waals surface area contributed by atoms with Crippen LogP contribution in [0.4, 0.5) is 5.69 Å². The van der Waals surface area contributed by atoms with Gasteiger partial charge in [0.1, 0.15) is 0 Å². The van der Waals surface area contributed by atoms with E-state index in [4.69, 9.17) is 4.42 Å². The van der Waals surface area contributed by atoms with Gasteiger partial charge in [0.2, 0.25) is 0 Å². The highest BCUT2D eigenvalue weighted by atomic mass is 16.3. The molecule has 0 aliphatic carbocycles. The van der Waals surface area contributed by atoms with Crippen molar-refractivity contribution in [1.82, 2.24) is 15.5 Å². The zero-order valence-electron chi connectivity index (χ0n) is 19.0. The van der Waals surface area contributed by atoms with Crippen molar-refractivity contribution in [3.63, 3.8) is 0 Å². The smallest absolute Gasteiger partial charge is 0.287 e. The van der Waals surface area contributed by atoms with Gasteiger partial charge >= 0.3 is 0 Å². The number of aryl methyl sites for hydroxylation is 1. The van der Waals surface area contributed by atoms with Gasteiger partial charge in [-0.25, -0.2) is 0 Å². The highest BCUT2D eigenvalue weighted by molar-refractivity contribution is 5.92. The molecule has 7 nitrogen and oxygen atoms in total. The molecule has 1 aromatic heterocycles. The number of carbonyl (C=O) groups excluding carboxylic acids is 1. The summed E-state index contributed by atoms with van der Waals surface area (Å²) in [5.41, 5.74) is 3.43. The molecule has 2 aromatic rings. The molecule has 0 spiro atoms. The van der Waals surface area contributed by atoms with E-state index in [-0.39, 0.29) is 5.91 Å². The van der Waals surface area contributed by atoms with Gasteiger partial charge in [-0.05, 0) is 56.4 Å². The van der Waals surface area contributed by atoms with Crippen molar-refractivity contribution in [2.45, 2.75) is 39.2 Å². The number of rotatable bonds is 8. The molecule has 1 saturated heterocycles. The molecule has 2 heterocycles. The third-order valence-electron chi connectivity index (χ3n) is 5.64. The second kappa shape index (κ2) is 11.4. The number of aliphatic imine (C=N–C) groups is 1. The highest BCUT2D eigenvalue weighted by Gasteiger charge is 2.13. The molecule has 0 unspecified atom stereocenters. The highest BCUT2D eigenvalue weighted by Crippen LogP contribution is 2.20. The topological polar surface area (TPSA) is 73.1 Å². The Bertz CT molecular complexity index is 853. The quantitative estimate of drug-likeness (QED) is 0.385. The maximum atomic E-state index is 12.1. The van der Waals surface area contributed by atoms with Crippen LogP contribution in [0.15, 0.2) is 46.0 Å². The summed E-state index contributed by atoms with van der Waals surface area (Å²) in [4.78, 5) is 21.0. The van der Waals surface area contributed by atoms with Crippen molar-refractivity contribution in [1.29, 1.82) is 0 Å². The van der Waals surface area contributed by atoms with Gasteiger partial charge in [0.15, 0.2) is 11.7 Å². The van der Waals surface area contributed by atoms with Crippen molar-refractivity contribution >= 4 is 17.6 Å². The summed E-state index contributed by atoms with van der Waals surface area (Å²) in [6, 6.07) is 10.7.